The fourth-order valence-corrected chi connectivity index (χ4v) is 2.93. The van der Waals surface area contributed by atoms with Gasteiger partial charge in [-0.05, 0) is 43.2 Å². The fourth-order valence-electron chi connectivity index (χ4n) is 2.93. The largest absolute Gasteiger partial charge is 0.445 e. The van der Waals surface area contributed by atoms with Gasteiger partial charge in [0.05, 0.1) is 11.1 Å². The SMILES string of the molecule is Cc1ccc(NC(=O)C2(C)Cc3ccccc3C(=O)O2)cc1C(F)(F)F. The number of hydrogen-bond acceptors (Lipinski definition) is 3. The molecule has 1 N–H and O–H groups in total. The van der Waals surface area contributed by atoms with Gasteiger partial charge in [-0.15, -0.1) is 0 Å². The molecule has 0 radical (unpaired) electrons. The summed E-state index contributed by atoms with van der Waals surface area (Å²) in [7, 11) is 0. The molecule has 0 saturated heterocycles. The Morgan fingerprint density at radius 1 is 1.19 bits per heavy atom. The Bertz CT molecular complexity index is 892. The minimum absolute atomic E-state index is 0.0101. The Morgan fingerprint density at radius 2 is 1.88 bits per heavy atom. The van der Waals surface area contributed by atoms with Gasteiger partial charge in [0.1, 0.15) is 0 Å². The topological polar surface area (TPSA) is 55.4 Å². The number of benzene rings is 2. The van der Waals surface area contributed by atoms with Crippen LogP contribution in [0.5, 0.6) is 0 Å². The van der Waals surface area contributed by atoms with Gasteiger partial charge in [0.25, 0.3) is 5.91 Å². The first-order valence-corrected chi connectivity index (χ1v) is 7.91. The third-order valence-electron chi connectivity index (χ3n) is 4.36. The maximum absolute atomic E-state index is 13.0. The number of alkyl halides is 3. The number of aryl methyl sites for hydroxylation is 1. The van der Waals surface area contributed by atoms with E-state index in [0.29, 0.717) is 11.1 Å². The maximum atomic E-state index is 13.0. The van der Waals surface area contributed by atoms with Gasteiger partial charge in [-0.2, -0.15) is 13.2 Å². The molecule has 26 heavy (non-hydrogen) atoms. The summed E-state index contributed by atoms with van der Waals surface area (Å²) in [6.45, 7) is 2.78. The zero-order valence-electron chi connectivity index (χ0n) is 14.1. The standard InChI is InChI=1S/C19H16F3NO3/c1-11-7-8-13(9-15(11)19(20,21)22)23-17(25)18(2)10-12-5-3-4-6-14(12)16(24)26-18/h3-9H,10H2,1-2H3,(H,23,25). The van der Waals surface area contributed by atoms with Gasteiger partial charge in [0.15, 0.2) is 5.60 Å². The quantitative estimate of drug-likeness (QED) is 0.817. The van der Waals surface area contributed by atoms with Crippen molar-refractivity contribution < 1.29 is 27.5 Å². The highest BCUT2D eigenvalue weighted by Crippen LogP contribution is 2.34. The molecule has 1 aliphatic rings. The van der Waals surface area contributed by atoms with Crippen molar-refractivity contribution in [2.45, 2.75) is 32.0 Å². The lowest BCUT2D eigenvalue weighted by molar-refractivity contribution is -0.138. The fraction of sp³-hybridized carbons (Fsp3) is 0.263. The van der Waals surface area contributed by atoms with Gasteiger partial charge < -0.3 is 10.1 Å². The Labute approximate surface area is 148 Å². The lowest BCUT2D eigenvalue weighted by atomic mass is 9.89. The molecular formula is C19H16F3NO3. The van der Waals surface area contributed by atoms with E-state index in [1.807, 2.05) is 0 Å². The molecule has 0 bridgehead atoms. The Hall–Kier alpha value is -2.83. The van der Waals surface area contributed by atoms with Crippen molar-refractivity contribution in [1.29, 1.82) is 0 Å². The smallest absolute Gasteiger partial charge is 0.416 e. The number of nitrogens with one attached hydrogen (secondary N) is 1. The van der Waals surface area contributed by atoms with Crippen LogP contribution in [-0.2, 0) is 22.1 Å². The summed E-state index contributed by atoms with van der Waals surface area (Å²) in [5.41, 5.74) is -1.25. The van der Waals surface area contributed by atoms with E-state index in [-0.39, 0.29) is 17.7 Å². The molecule has 1 amide bonds. The number of hydrogen-bond donors (Lipinski definition) is 1. The molecule has 0 saturated carbocycles. The van der Waals surface area contributed by atoms with E-state index in [2.05, 4.69) is 5.32 Å². The van der Waals surface area contributed by atoms with Crippen LogP contribution in [0, 0.1) is 6.92 Å². The predicted octanol–water partition coefficient (Wildman–Crippen LogP) is 4.12. The van der Waals surface area contributed by atoms with E-state index in [0.717, 1.165) is 6.07 Å². The molecule has 3 rings (SSSR count). The van der Waals surface area contributed by atoms with Crippen LogP contribution >= 0.6 is 0 Å². The van der Waals surface area contributed by atoms with Crippen molar-refractivity contribution in [2.75, 3.05) is 5.32 Å². The molecule has 1 aliphatic heterocycles. The summed E-state index contributed by atoms with van der Waals surface area (Å²) in [6, 6.07) is 10.3. The number of cyclic esters (lactones) is 1. The number of rotatable bonds is 2. The van der Waals surface area contributed by atoms with Crippen LogP contribution in [0.15, 0.2) is 42.5 Å². The van der Waals surface area contributed by atoms with Crippen LogP contribution in [0.2, 0.25) is 0 Å². The van der Waals surface area contributed by atoms with E-state index in [1.54, 1.807) is 24.3 Å². The molecule has 0 aliphatic carbocycles. The van der Waals surface area contributed by atoms with E-state index >= 15 is 0 Å². The highest BCUT2D eigenvalue weighted by Gasteiger charge is 2.43. The van der Waals surface area contributed by atoms with Crippen molar-refractivity contribution in [3.63, 3.8) is 0 Å². The van der Waals surface area contributed by atoms with E-state index in [4.69, 9.17) is 4.74 Å². The highest BCUT2D eigenvalue weighted by molar-refractivity contribution is 6.02. The van der Waals surface area contributed by atoms with Crippen LogP contribution in [0.25, 0.3) is 0 Å². The second kappa shape index (κ2) is 6.16. The average molecular weight is 363 g/mol. The summed E-state index contributed by atoms with van der Waals surface area (Å²) in [4.78, 5) is 24.8. The number of halogens is 3. The van der Waals surface area contributed by atoms with Crippen LogP contribution in [0.1, 0.15) is 34.0 Å². The second-order valence-electron chi connectivity index (χ2n) is 6.44. The van der Waals surface area contributed by atoms with Crippen LogP contribution in [0.3, 0.4) is 0 Å². The monoisotopic (exact) mass is 363 g/mol. The van der Waals surface area contributed by atoms with Crippen LogP contribution in [-0.4, -0.2) is 17.5 Å². The Morgan fingerprint density at radius 3 is 2.58 bits per heavy atom. The zero-order chi connectivity index (χ0) is 19.1. The lowest BCUT2D eigenvalue weighted by Crippen LogP contribution is -2.48. The molecular weight excluding hydrogens is 347 g/mol. The van der Waals surface area contributed by atoms with Crippen molar-refractivity contribution in [1.82, 2.24) is 0 Å². The molecule has 136 valence electrons. The molecule has 2 aromatic carbocycles. The Balaban J connectivity index is 1.86. The zero-order valence-corrected chi connectivity index (χ0v) is 14.1. The van der Waals surface area contributed by atoms with Gasteiger partial charge in [0, 0.05) is 12.1 Å². The minimum atomic E-state index is -4.52. The summed E-state index contributed by atoms with van der Waals surface area (Å²) >= 11 is 0. The molecule has 1 heterocycles. The average Bonchev–Trinajstić information content (AvgIpc) is 2.55. The van der Waals surface area contributed by atoms with Crippen molar-refractivity contribution in [2.24, 2.45) is 0 Å². The molecule has 0 aromatic heterocycles. The third kappa shape index (κ3) is 3.29. The summed E-state index contributed by atoms with van der Waals surface area (Å²) in [6.07, 6.45) is -4.39. The van der Waals surface area contributed by atoms with Crippen LogP contribution < -0.4 is 5.32 Å². The van der Waals surface area contributed by atoms with Crippen molar-refractivity contribution >= 4 is 17.6 Å². The predicted molar refractivity (Wildman–Crippen MR) is 88.8 cm³/mol. The van der Waals surface area contributed by atoms with E-state index in [1.165, 1.54) is 26.0 Å². The molecule has 0 spiro atoms. The number of fused-ring (bicyclic) bond motifs is 1. The van der Waals surface area contributed by atoms with E-state index in [9.17, 15) is 22.8 Å². The van der Waals surface area contributed by atoms with Gasteiger partial charge in [-0.3, -0.25) is 4.79 Å². The Kier molecular flexibility index (Phi) is 4.26. The molecule has 7 heteroatoms. The number of carbonyl (C=O) groups excluding carboxylic acids is 2. The van der Waals surface area contributed by atoms with E-state index < -0.39 is 29.2 Å². The number of anilines is 1. The van der Waals surface area contributed by atoms with Gasteiger partial charge in [0.2, 0.25) is 0 Å². The summed E-state index contributed by atoms with van der Waals surface area (Å²) < 4.78 is 44.4. The van der Waals surface area contributed by atoms with Gasteiger partial charge >= 0.3 is 12.1 Å². The first kappa shape index (κ1) is 18.0. The van der Waals surface area contributed by atoms with Gasteiger partial charge in [-0.25, -0.2) is 4.79 Å². The number of amides is 1. The number of carbonyl (C=O) groups is 2. The highest BCUT2D eigenvalue weighted by atomic mass is 19.4. The molecule has 4 nitrogen and oxygen atoms in total. The lowest BCUT2D eigenvalue weighted by Gasteiger charge is -2.33. The molecule has 2 aromatic rings. The summed E-state index contributed by atoms with van der Waals surface area (Å²) in [5.74, 6) is -1.32. The normalized spacial score (nSPS) is 19.5. The van der Waals surface area contributed by atoms with Crippen LogP contribution in [0.4, 0.5) is 18.9 Å². The number of esters is 1. The molecule has 1 unspecified atom stereocenters. The van der Waals surface area contributed by atoms with Crippen molar-refractivity contribution in [3.05, 3.63) is 64.7 Å². The number of ether oxygens (including phenoxy) is 1. The minimum Gasteiger partial charge on any atom is -0.445 e. The molecule has 1 atom stereocenters. The maximum Gasteiger partial charge on any atom is 0.416 e. The van der Waals surface area contributed by atoms with Crippen molar-refractivity contribution in [3.8, 4) is 0 Å². The summed E-state index contributed by atoms with van der Waals surface area (Å²) in [5, 5.41) is 2.43. The third-order valence-corrected chi connectivity index (χ3v) is 4.36. The first-order valence-electron chi connectivity index (χ1n) is 7.91. The second-order valence-corrected chi connectivity index (χ2v) is 6.44. The first-order chi connectivity index (χ1) is 12.1. The van der Waals surface area contributed by atoms with Gasteiger partial charge in [-0.1, -0.05) is 24.3 Å². The molecule has 0 fully saturated rings.